The Balaban J connectivity index is 1.60. The Morgan fingerprint density at radius 1 is 0.436 bits per heavy atom. The van der Waals surface area contributed by atoms with Crippen LogP contribution in [0.25, 0.3) is 32.7 Å². The quantitative estimate of drug-likeness (QED) is 0.206. The van der Waals surface area contributed by atoms with E-state index in [0.717, 1.165) is 13.1 Å². The Bertz CT molecular complexity index is 1700. The molecule has 1 heterocycles. The van der Waals surface area contributed by atoms with Gasteiger partial charge in [0.1, 0.15) is 0 Å². The SMILES string of the molecule is c1ccc(P(c2ccccc2)c2ccc3ccccc3c2-c2c(N3CCCCC3)ccc3ccccc23)cc1. The van der Waals surface area contributed by atoms with Gasteiger partial charge in [0.05, 0.1) is 0 Å². The molecular formula is C37H32NP. The van der Waals surface area contributed by atoms with Gasteiger partial charge in [0.15, 0.2) is 0 Å². The zero-order valence-electron chi connectivity index (χ0n) is 22.1. The van der Waals surface area contributed by atoms with E-state index in [1.165, 1.54) is 73.5 Å². The molecule has 6 aromatic carbocycles. The van der Waals surface area contributed by atoms with Gasteiger partial charge in [0.25, 0.3) is 0 Å². The zero-order chi connectivity index (χ0) is 26.0. The van der Waals surface area contributed by atoms with Gasteiger partial charge in [0, 0.05) is 29.9 Å². The number of fused-ring (bicyclic) bond motifs is 2. The van der Waals surface area contributed by atoms with Crippen LogP contribution < -0.4 is 20.8 Å². The van der Waals surface area contributed by atoms with E-state index in [1.807, 2.05) is 0 Å². The van der Waals surface area contributed by atoms with E-state index in [2.05, 4.69) is 138 Å². The first-order valence-electron chi connectivity index (χ1n) is 14.1. The summed E-state index contributed by atoms with van der Waals surface area (Å²) in [5.74, 6) is 0. The van der Waals surface area contributed by atoms with Crippen LogP contribution in [0, 0.1) is 0 Å². The van der Waals surface area contributed by atoms with E-state index >= 15 is 0 Å². The average molecular weight is 522 g/mol. The second-order valence-electron chi connectivity index (χ2n) is 10.4. The summed E-state index contributed by atoms with van der Waals surface area (Å²) in [7, 11) is -0.767. The van der Waals surface area contributed by atoms with E-state index in [0.29, 0.717) is 0 Å². The van der Waals surface area contributed by atoms with Crippen LogP contribution in [0.5, 0.6) is 0 Å². The highest BCUT2D eigenvalue weighted by molar-refractivity contribution is 7.80. The minimum Gasteiger partial charge on any atom is -0.371 e. The van der Waals surface area contributed by atoms with Crippen molar-refractivity contribution >= 4 is 51.1 Å². The molecule has 0 atom stereocenters. The van der Waals surface area contributed by atoms with Crippen LogP contribution in [0.4, 0.5) is 5.69 Å². The van der Waals surface area contributed by atoms with E-state index in [-0.39, 0.29) is 0 Å². The molecule has 1 fully saturated rings. The molecule has 6 aromatic rings. The number of nitrogens with zero attached hydrogens (tertiary/aromatic N) is 1. The topological polar surface area (TPSA) is 3.24 Å². The summed E-state index contributed by atoms with van der Waals surface area (Å²) in [6.45, 7) is 2.25. The first-order valence-corrected chi connectivity index (χ1v) is 15.4. The molecule has 7 rings (SSSR count). The maximum Gasteiger partial charge on any atom is 0.0452 e. The fourth-order valence-corrected chi connectivity index (χ4v) is 8.69. The number of rotatable bonds is 5. The molecule has 1 saturated heterocycles. The van der Waals surface area contributed by atoms with Crippen molar-refractivity contribution in [2.75, 3.05) is 18.0 Å². The lowest BCUT2D eigenvalue weighted by molar-refractivity contribution is 0.578. The highest BCUT2D eigenvalue weighted by atomic mass is 31.1. The van der Waals surface area contributed by atoms with Gasteiger partial charge < -0.3 is 4.90 Å². The molecule has 2 heteroatoms. The largest absolute Gasteiger partial charge is 0.371 e. The minimum absolute atomic E-state index is 0.767. The highest BCUT2D eigenvalue weighted by Crippen LogP contribution is 2.46. The molecule has 1 aliphatic heterocycles. The third-order valence-corrected chi connectivity index (χ3v) is 10.5. The van der Waals surface area contributed by atoms with Gasteiger partial charge in [-0.3, -0.25) is 0 Å². The molecule has 1 nitrogen and oxygen atoms in total. The molecule has 1 aliphatic rings. The maximum absolute atomic E-state index is 2.64. The predicted octanol–water partition coefficient (Wildman–Crippen LogP) is 8.41. The molecule has 0 amide bonds. The fourth-order valence-electron chi connectivity index (χ4n) is 6.21. The smallest absolute Gasteiger partial charge is 0.0452 e. The Labute approximate surface area is 232 Å². The minimum atomic E-state index is -0.767. The third-order valence-electron chi connectivity index (χ3n) is 8.03. The fraction of sp³-hybridized carbons (Fsp3) is 0.135. The van der Waals surface area contributed by atoms with Crippen molar-refractivity contribution in [1.82, 2.24) is 0 Å². The van der Waals surface area contributed by atoms with Crippen molar-refractivity contribution in [3.8, 4) is 11.1 Å². The van der Waals surface area contributed by atoms with Gasteiger partial charge in [-0.15, -0.1) is 0 Å². The second-order valence-corrected chi connectivity index (χ2v) is 12.6. The number of piperidine rings is 1. The molecule has 0 saturated carbocycles. The molecular weight excluding hydrogens is 489 g/mol. The highest BCUT2D eigenvalue weighted by Gasteiger charge is 2.26. The Kier molecular flexibility index (Phi) is 6.61. The maximum atomic E-state index is 2.64. The van der Waals surface area contributed by atoms with E-state index in [9.17, 15) is 0 Å². The summed E-state index contributed by atoms with van der Waals surface area (Å²) < 4.78 is 0. The monoisotopic (exact) mass is 521 g/mol. The van der Waals surface area contributed by atoms with E-state index in [1.54, 1.807) is 0 Å². The second kappa shape index (κ2) is 10.7. The lowest BCUT2D eigenvalue weighted by atomic mass is 9.91. The molecule has 0 unspecified atom stereocenters. The predicted molar refractivity (Wildman–Crippen MR) is 172 cm³/mol. The van der Waals surface area contributed by atoms with Crippen LogP contribution in [0.2, 0.25) is 0 Å². The van der Waals surface area contributed by atoms with Crippen molar-refractivity contribution in [2.24, 2.45) is 0 Å². The molecule has 0 aromatic heterocycles. The summed E-state index contributed by atoms with van der Waals surface area (Å²) >= 11 is 0. The molecule has 0 radical (unpaired) electrons. The first kappa shape index (κ1) is 24.1. The summed E-state index contributed by atoms with van der Waals surface area (Å²) in [5.41, 5.74) is 4.16. The lowest BCUT2D eigenvalue weighted by Gasteiger charge is -2.33. The number of benzene rings is 6. The van der Waals surface area contributed by atoms with Gasteiger partial charge in [0.2, 0.25) is 0 Å². The molecule has 0 bridgehead atoms. The Morgan fingerprint density at radius 3 is 1.56 bits per heavy atom. The van der Waals surface area contributed by atoms with Gasteiger partial charge in [-0.05, 0) is 70.7 Å². The number of hydrogen-bond acceptors (Lipinski definition) is 1. The average Bonchev–Trinajstić information content (AvgIpc) is 3.02. The molecule has 39 heavy (non-hydrogen) atoms. The molecule has 0 spiro atoms. The van der Waals surface area contributed by atoms with Crippen LogP contribution >= 0.6 is 7.92 Å². The van der Waals surface area contributed by atoms with Crippen LogP contribution in [-0.4, -0.2) is 13.1 Å². The van der Waals surface area contributed by atoms with Crippen LogP contribution in [0.1, 0.15) is 19.3 Å². The molecule has 0 N–H and O–H groups in total. The Hall–Kier alpha value is -3.93. The van der Waals surface area contributed by atoms with Gasteiger partial charge >= 0.3 is 0 Å². The van der Waals surface area contributed by atoms with E-state index < -0.39 is 7.92 Å². The summed E-state index contributed by atoms with van der Waals surface area (Å²) in [5, 5.41) is 9.47. The summed E-state index contributed by atoms with van der Waals surface area (Å²) in [4.78, 5) is 2.64. The molecule has 190 valence electrons. The standard InChI is InChI=1S/C37H32NP/c1-4-16-30(17-5-1)39(31-18-6-2-7-19-31)35-25-23-29-15-9-11-21-33(29)37(35)36-32-20-10-8-14-28(32)22-24-34(36)38-26-12-3-13-27-38/h1-2,4-11,14-25H,3,12-13,26-27H2. The first-order chi connectivity index (χ1) is 19.4. The lowest BCUT2D eigenvalue weighted by Crippen LogP contribution is -2.30. The number of anilines is 1. The van der Waals surface area contributed by atoms with Crippen molar-refractivity contribution < 1.29 is 0 Å². The summed E-state index contributed by atoms with van der Waals surface area (Å²) in [6, 6.07) is 49.6. The summed E-state index contributed by atoms with van der Waals surface area (Å²) in [6.07, 6.45) is 3.84. The molecule has 0 aliphatic carbocycles. The third kappa shape index (κ3) is 4.52. The van der Waals surface area contributed by atoms with Crippen molar-refractivity contribution in [3.05, 3.63) is 133 Å². The van der Waals surface area contributed by atoms with E-state index in [4.69, 9.17) is 0 Å². The van der Waals surface area contributed by atoms with Gasteiger partial charge in [-0.25, -0.2) is 0 Å². The van der Waals surface area contributed by atoms with Crippen LogP contribution in [0.3, 0.4) is 0 Å². The zero-order valence-corrected chi connectivity index (χ0v) is 23.0. The van der Waals surface area contributed by atoms with Gasteiger partial charge in [-0.1, -0.05) is 127 Å². The van der Waals surface area contributed by atoms with Crippen molar-refractivity contribution in [1.29, 1.82) is 0 Å². The van der Waals surface area contributed by atoms with Gasteiger partial charge in [-0.2, -0.15) is 0 Å². The van der Waals surface area contributed by atoms with Crippen LogP contribution in [0.15, 0.2) is 133 Å². The number of hydrogen-bond donors (Lipinski definition) is 0. The van der Waals surface area contributed by atoms with Crippen molar-refractivity contribution in [2.45, 2.75) is 19.3 Å². The normalized spacial score (nSPS) is 13.8. The van der Waals surface area contributed by atoms with Crippen LogP contribution in [-0.2, 0) is 0 Å². The van der Waals surface area contributed by atoms with Crippen molar-refractivity contribution in [3.63, 3.8) is 0 Å². The Morgan fingerprint density at radius 2 is 0.949 bits per heavy atom.